The van der Waals surface area contributed by atoms with Crippen LogP contribution in [0.25, 0.3) is 0 Å². The van der Waals surface area contributed by atoms with Crippen molar-refractivity contribution in [2.24, 2.45) is 0 Å². The van der Waals surface area contributed by atoms with Crippen LogP contribution in [0.4, 0.5) is 0 Å². The van der Waals surface area contributed by atoms with E-state index < -0.39 is 0 Å². The van der Waals surface area contributed by atoms with Gasteiger partial charge in [0.15, 0.2) is 0 Å². The van der Waals surface area contributed by atoms with Gasteiger partial charge in [0.05, 0.1) is 0 Å². The summed E-state index contributed by atoms with van der Waals surface area (Å²) < 4.78 is 0.498. The monoisotopic (exact) mass is 238 g/mol. The highest BCUT2D eigenvalue weighted by Crippen LogP contribution is 2.59. The van der Waals surface area contributed by atoms with Gasteiger partial charge in [-0.3, -0.25) is 0 Å². The van der Waals surface area contributed by atoms with Crippen molar-refractivity contribution in [1.82, 2.24) is 0 Å². The number of benzene rings is 1. The normalized spacial score (nSPS) is 27.0. The summed E-state index contributed by atoms with van der Waals surface area (Å²) in [6, 6.07) is 6.54. The van der Waals surface area contributed by atoms with Crippen molar-refractivity contribution in [2.75, 3.05) is 0 Å². The molecule has 15 heavy (non-hydrogen) atoms. The van der Waals surface area contributed by atoms with Crippen LogP contribution < -0.4 is 0 Å². The molecule has 1 aromatic carbocycles. The van der Waals surface area contributed by atoms with Gasteiger partial charge in [-0.05, 0) is 42.0 Å². The largest absolute Gasteiger partial charge is 0.107 e. The molecule has 2 heteroatoms. The lowest BCUT2D eigenvalue weighted by Gasteiger charge is -2.15. The van der Waals surface area contributed by atoms with E-state index in [2.05, 4.69) is 25.1 Å². The van der Waals surface area contributed by atoms with Gasteiger partial charge in [0.2, 0.25) is 0 Å². The Balaban J connectivity index is 2.26. The molecule has 0 aromatic heterocycles. The predicted molar refractivity (Wildman–Crippen MR) is 64.6 cm³/mol. The first-order valence-corrected chi connectivity index (χ1v) is 6.10. The lowest BCUT2D eigenvalue weighted by Crippen LogP contribution is -1.99. The van der Waals surface area contributed by atoms with E-state index in [9.17, 15) is 0 Å². The van der Waals surface area contributed by atoms with Gasteiger partial charge in [-0.25, -0.2) is 0 Å². The summed E-state index contributed by atoms with van der Waals surface area (Å²) in [6.07, 6.45) is 2.42. The van der Waals surface area contributed by atoms with Gasteiger partial charge in [-0.2, -0.15) is 0 Å². The first-order chi connectivity index (χ1) is 7.20. The maximum atomic E-state index is 6.00. The van der Waals surface area contributed by atoms with Crippen molar-refractivity contribution in [3.05, 3.63) is 45.0 Å². The minimum Gasteiger partial charge on any atom is -0.0709 e. The zero-order valence-corrected chi connectivity index (χ0v) is 10.1. The van der Waals surface area contributed by atoms with Crippen molar-refractivity contribution in [3.8, 4) is 0 Å². The van der Waals surface area contributed by atoms with Crippen LogP contribution in [0.2, 0.25) is 0 Å². The SMILES string of the molecule is Cc1cccc2c1C1CCC2C1=C(Cl)Cl. The molecule has 0 spiro atoms. The van der Waals surface area contributed by atoms with E-state index in [4.69, 9.17) is 23.2 Å². The van der Waals surface area contributed by atoms with E-state index in [1.165, 1.54) is 35.1 Å². The van der Waals surface area contributed by atoms with E-state index in [1.807, 2.05) is 0 Å². The average molecular weight is 239 g/mol. The second-order valence-electron chi connectivity index (χ2n) is 4.48. The Kier molecular flexibility index (Phi) is 2.12. The van der Waals surface area contributed by atoms with Crippen LogP contribution in [0.5, 0.6) is 0 Å². The number of halogens is 2. The second-order valence-corrected chi connectivity index (χ2v) is 5.43. The molecule has 1 saturated carbocycles. The molecule has 1 fully saturated rings. The molecule has 0 nitrogen and oxygen atoms in total. The Hall–Kier alpha value is -0.460. The van der Waals surface area contributed by atoms with Crippen LogP contribution in [-0.4, -0.2) is 0 Å². The Morgan fingerprint density at radius 1 is 1.20 bits per heavy atom. The van der Waals surface area contributed by atoms with Crippen molar-refractivity contribution in [1.29, 1.82) is 0 Å². The van der Waals surface area contributed by atoms with Crippen LogP contribution >= 0.6 is 23.2 Å². The topological polar surface area (TPSA) is 0 Å². The summed E-state index contributed by atoms with van der Waals surface area (Å²) in [5.74, 6) is 0.992. The van der Waals surface area contributed by atoms with Crippen molar-refractivity contribution in [3.63, 3.8) is 0 Å². The Labute approximate surface area is 99.9 Å². The fraction of sp³-hybridized carbons (Fsp3) is 0.385. The molecule has 2 aliphatic carbocycles. The molecule has 2 atom stereocenters. The Morgan fingerprint density at radius 3 is 2.60 bits per heavy atom. The number of rotatable bonds is 0. The average Bonchev–Trinajstić information content (AvgIpc) is 2.73. The molecular formula is C13H12Cl2. The standard InChI is InChI=1S/C13H12Cl2/c1-7-3-2-4-8-9-5-6-10(11(7)8)12(9)13(14)15/h2-4,9-10H,5-6H2,1H3. The van der Waals surface area contributed by atoms with E-state index in [-0.39, 0.29) is 0 Å². The molecule has 0 radical (unpaired) electrons. The molecule has 2 unspecified atom stereocenters. The van der Waals surface area contributed by atoms with E-state index in [0.717, 1.165) is 0 Å². The summed E-state index contributed by atoms with van der Waals surface area (Å²) in [5, 5.41) is 0. The zero-order valence-electron chi connectivity index (χ0n) is 8.56. The molecular weight excluding hydrogens is 227 g/mol. The molecule has 0 aliphatic heterocycles. The highest BCUT2D eigenvalue weighted by atomic mass is 35.5. The molecule has 0 amide bonds. The summed E-state index contributed by atoms with van der Waals surface area (Å²) in [5.41, 5.74) is 5.59. The fourth-order valence-corrected chi connectivity index (χ4v) is 3.78. The van der Waals surface area contributed by atoms with Crippen LogP contribution in [0, 0.1) is 6.92 Å². The Bertz CT molecular complexity index is 456. The fourth-order valence-electron chi connectivity index (χ4n) is 3.26. The van der Waals surface area contributed by atoms with Gasteiger partial charge in [0.1, 0.15) is 4.49 Å². The minimum atomic E-state index is 0.495. The van der Waals surface area contributed by atoms with Crippen LogP contribution in [0.15, 0.2) is 28.3 Å². The second kappa shape index (κ2) is 3.26. The van der Waals surface area contributed by atoms with Gasteiger partial charge in [0, 0.05) is 11.8 Å². The maximum absolute atomic E-state index is 6.00. The maximum Gasteiger partial charge on any atom is 0.107 e. The molecule has 0 N–H and O–H groups in total. The number of hydrogen-bond donors (Lipinski definition) is 0. The van der Waals surface area contributed by atoms with E-state index in [0.29, 0.717) is 16.3 Å². The highest BCUT2D eigenvalue weighted by molar-refractivity contribution is 6.56. The first kappa shape index (κ1) is 9.74. The predicted octanol–water partition coefficient (Wildman–Crippen LogP) is 4.66. The molecule has 0 saturated heterocycles. The molecule has 1 aromatic rings. The number of aryl methyl sites for hydroxylation is 1. The summed E-state index contributed by atoms with van der Waals surface area (Å²) in [6.45, 7) is 2.18. The summed E-state index contributed by atoms with van der Waals surface area (Å²) in [7, 11) is 0. The number of hydrogen-bond acceptors (Lipinski definition) is 0. The Morgan fingerprint density at radius 2 is 1.93 bits per heavy atom. The summed E-state index contributed by atoms with van der Waals surface area (Å²) >= 11 is 12.0. The first-order valence-electron chi connectivity index (χ1n) is 5.34. The lowest BCUT2D eigenvalue weighted by atomic mass is 9.89. The van der Waals surface area contributed by atoms with Gasteiger partial charge >= 0.3 is 0 Å². The quantitative estimate of drug-likeness (QED) is 0.617. The van der Waals surface area contributed by atoms with Gasteiger partial charge in [-0.15, -0.1) is 0 Å². The van der Waals surface area contributed by atoms with Gasteiger partial charge < -0.3 is 0 Å². The third-order valence-electron chi connectivity index (χ3n) is 3.79. The van der Waals surface area contributed by atoms with Crippen LogP contribution in [0.1, 0.15) is 41.4 Å². The highest BCUT2D eigenvalue weighted by Gasteiger charge is 2.43. The third-order valence-corrected chi connectivity index (χ3v) is 4.23. The van der Waals surface area contributed by atoms with E-state index >= 15 is 0 Å². The molecule has 0 heterocycles. The third kappa shape index (κ3) is 1.21. The molecule has 78 valence electrons. The lowest BCUT2D eigenvalue weighted by molar-refractivity contribution is 0.713. The number of allylic oxidation sites excluding steroid dienone is 1. The van der Waals surface area contributed by atoms with Crippen molar-refractivity contribution < 1.29 is 0 Å². The molecule has 3 rings (SSSR count). The van der Waals surface area contributed by atoms with Crippen LogP contribution in [-0.2, 0) is 0 Å². The van der Waals surface area contributed by atoms with Crippen LogP contribution in [0.3, 0.4) is 0 Å². The smallest absolute Gasteiger partial charge is 0.0709 e. The number of fused-ring (bicyclic) bond motifs is 5. The van der Waals surface area contributed by atoms with Gasteiger partial charge in [0.25, 0.3) is 0 Å². The summed E-state index contributed by atoms with van der Waals surface area (Å²) in [4.78, 5) is 0. The van der Waals surface area contributed by atoms with Crippen molar-refractivity contribution in [2.45, 2.75) is 31.6 Å². The zero-order chi connectivity index (χ0) is 10.6. The molecule has 2 aliphatic rings. The molecule has 2 bridgehead atoms. The minimum absolute atomic E-state index is 0.495. The van der Waals surface area contributed by atoms with Gasteiger partial charge in [-0.1, -0.05) is 41.4 Å². The van der Waals surface area contributed by atoms with E-state index in [1.54, 1.807) is 0 Å². The van der Waals surface area contributed by atoms with Crippen molar-refractivity contribution >= 4 is 23.2 Å².